The molecule has 9 heteroatoms. The Hall–Kier alpha value is -4.63. The van der Waals surface area contributed by atoms with Crippen molar-refractivity contribution in [1.29, 1.82) is 0 Å². The molecule has 2 amide bonds. The molecule has 1 fully saturated rings. The number of fused-ring (bicyclic) bond motifs is 3. The van der Waals surface area contributed by atoms with Crippen molar-refractivity contribution < 1.29 is 32.2 Å². The van der Waals surface area contributed by atoms with Crippen LogP contribution >= 0.6 is 0 Å². The van der Waals surface area contributed by atoms with E-state index in [4.69, 9.17) is 9.47 Å². The van der Waals surface area contributed by atoms with Crippen molar-refractivity contribution in [3.8, 4) is 5.75 Å². The van der Waals surface area contributed by atoms with Crippen molar-refractivity contribution >= 4 is 17.5 Å². The molecule has 42 heavy (non-hydrogen) atoms. The summed E-state index contributed by atoms with van der Waals surface area (Å²) in [5, 5.41) is 0. The lowest BCUT2D eigenvalue weighted by Crippen LogP contribution is -2.73. The molecule has 6 rings (SSSR count). The summed E-state index contributed by atoms with van der Waals surface area (Å²) < 4.78 is 53.3. The Morgan fingerprint density at radius 1 is 0.857 bits per heavy atom. The van der Waals surface area contributed by atoms with E-state index in [1.54, 1.807) is 54.5 Å². The molecule has 0 aliphatic carbocycles. The molecule has 0 spiro atoms. The molecule has 2 aliphatic heterocycles. The van der Waals surface area contributed by atoms with Crippen LogP contribution in [0.1, 0.15) is 27.8 Å². The smallest absolute Gasteiger partial charge is 0.416 e. The minimum atomic E-state index is -4.61. The van der Waals surface area contributed by atoms with Gasteiger partial charge in [0.2, 0.25) is 5.91 Å². The highest BCUT2D eigenvalue weighted by Crippen LogP contribution is 2.53. The number of hydrogen-bond acceptors (Lipinski definition) is 4. The van der Waals surface area contributed by atoms with Crippen molar-refractivity contribution in [3.63, 3.8) is 0 Å². The van der Waals surface area contributed by atoms with Crippen molar-refractivity contribution in [2.24, 2.45) is 0 Å². The van der Waals surface area contributed by atoms with Gasteiger partial charge in [0.25, 0.3) is 5.91 Å². The lowest BCUT2D eigenvalue weighted by molar-refractivity contribution is -0.192. The van der Waals surface area contributed by atoms with Crippen molar-refractivity contribution in [1.82, 2.24) is 4.90 Å². The molecule has 0 radical (unpaired) electrons. The molecule has 1 saturated heterocycles. The summed E-state index contributed by atoms with van der Waals surface area (Å²) >= 11 is 0. The normalized spacial score (nSPS) is 20.0. The summed E-state index contributed by atoms with van der Waals surface area (Å²) in [6, 6.07) is 28.5. The van der Waals surface area contributed by atoms with E-state index in [1.165, 1.54) is 11.0 Å². The molecule has 0 saturated carbocycles. The number of methoxy groups -OCH3 is 1. The number of carbonyl (C=O) groups excluding carboxylic acids is 2. The number of halogens is 3. The Kier molecular flexibility index (Phi) is 6.98. The number of ether oxygens (including phenoxy) is 2. The SMILES string of the molecule is COc1ccc(CN2C(=O)CN3C(=O)C(OCc4ccccc4)C3(c3cccc(C(F)(F)F)c3)c3ccccc32)cc1. The lowest BCUT2D eigenvalue weighted by Gasteiger charge is -2.56. The molecule has 2 atom stereocenters. The van der Waals surface area contributed by atoms with Crippen LogP contribution in [-0.4, -0.2) is 36.5 Å². The number of benzene rings is 4. The van der Waals surface area contributed by atoms with Crippen LogP contribution in [0.25, 0.3) is 0 Å². The summed E-state index contributed by atoms with van der Waals surface area (Å²) in [7, 11) is 1.56. The number of carbonyl (C=O) groups is 2. The van der Waals surface area contributed by atoms with E-state index in [-0.39, 0.29) is 31.2 Å². The molecule has 2 heterocycles. The van der Waals surface area contributed by atoms with Crippen molar-refractivity contribution in [2.45, 2.75) is 31.0 Å². The molecule has 0 N–H and O–H groups in total. The molecule has 4 aromatic carbocycles. The van der Waals surface area contributed by atoms with Gasteiger partial charge in [-0.15, -0.1) is 0 Å². The van der Waals surface area contributed by atoms with E-state index < -0.39 is 29.3 Å². The second kappa shape index (κ2) is 10.6. The molecule has 4 aromatic rings. The summed E-state index contributed by atoms with van der Waals surface area (Å²) in [4.78, 5) is 30.5. The van der Waals surface area contributed by atoms with Gasteiger partial charge >= 0.3 is 6.18 Å². The topological polar surface area (TPSA) is 59.1 Å². The number of amides is 2. The maximum Gasteiger partial charge on any atom is 0.416 e. The Labute approximate surface area is 240 Å². The largest absolute Gasteiger partial charge is 0.497 e. The van der Waals surface area contributed by atoms with Crippen LogP contribution in [0.2, 0.25) is 0 Å². The van der Waals surface area contributed by atoms with Gasteiger partial charge in [0, 0.05) is 5.56 Å². The summed E-state index contributed by atoms with van der Waals surface area (Å²) in [6.07, 6.45) is -5.76. The Bertz CT molecular complexity index is 1620. The predicted molar refractivity (Wildman–Crippen MR) is 150 cm³/mol. The van der Waals surface area contributed by atoms with Crippen LogP contribution in [0.5, 0.6) is 5.75 Å². The van der Waals surface area contributed by atoms with E-state index in [1.807, 2.05) is 42.5 Å². The lowest BCUT2D eigenvalue weighted by atomic mass is 9.69. The first-order valence-corrected chi connectivity index (χ1v) is 13.4. The maximum absolute atomic E-state index is 13.9. The number of anilines is 1. The highest BCUT2D eigenvalue weighted by Gasteiger charge is 2.65. The van der Waals surface area contributed by atoms with E-state index >= 15 is 0 Å². The van der Waals surface area contributed by atoms with E-state index in [2.05, 4.69) is 0 Å². The first-order valence-electron chi connectivity index (χ1n) is 13.4. The number of para-hydroxylation sites is 1. The first kappa shape index (κ1) is 27.5. The summed E-state index contributed by atoms with van der Waals surface area (Å²) in [5.41, 5.74) is 0.552. The zero-order valence-electron chi connectivity index (χ0n) is 22.7. The average Bonchev–Trinajstić information content (AvgIpc) is 3.09. The van der Waals surface area contributed by atoms with Crippen LogP contribution < -0.4 is 9.64 Å². The fraction of sp³-hybridized carbons (Fsp3) is 0.212. The highest BCUT2D eigenvalue weighted by molar-refractivity contribution is 6.04. The standard InChI is InChI=1S/C33H27F3N2O4/c1-41-26-16-14-22(15-17-26)19-37-28-13-6-5-12-27(28)32(24-10-7-11-25(18-24)33(34,35)36)30(31(40)38(32)20-29(37)39)42-21-23-8-3-2-4-9-23/h2-18,30H,19-21H2,1H3. The predicted octanol–water partition coefficient (Wildman–Crippen LogP) is 5.93. The fourth-order valence-electron chi connectivity index (χ4n) is 5.87. The van der Waals surface area contributed by atoms with E-state index in [9.17, 15) is 22.8 Å². The molecular weight excluding hydrogens is 545 g/mol. The van der Waals surface area contributed by atoms with Gasteiger partial charge in [0.1, 0.15) is 17.8 Å². The highest BCUT2D eigenvalue weighted by atomic mass is 19.4. The van der Waals surface area contributed by atoms with Gasteiger partial charge in [-0.2, -0.15) is 13.2 Å². The Morgan fingerprint density at radius 2 is 1.57 bits per heavy atom. The number of rotatable bonds is 7. The van der Waals surface area contributed by atoms with Gasteiger partial charge in [-0.25, -0.2) is 0 Å². The van der Waals surface area contributed by atoms with Crippen molar-refractivity contribution in [3.05, 3.63) is 131 Å². The number of nitrogens with zero attached hydrogens (tertiary/aromatic N) is 2. The monoisotopic (exact) mass is 572 g/mol. The molecule has 214 valence electrons. The van der Waals surface area contributed by atoms with Gasteiger partial charge < -0.3 is 19.3 Å². The van der Waals surface area contributed by atoms with Crippen LogP contribution in [0.4, 0.5) is 18.9 Å². The van der Waals surface area contributed by atoms with E-state index in [0.29, 0.717) is 17.0 Å². The fourth-order valence-corrected chi connectivity index (χ4v) is 5.87. The molecule has 0 bridgehead atoms. The van der Waals surface area contributed by atoms with Gasteiger partial charge in [-0.3, -0.25) is 9.59 Å². The van der Waals surface area contributed by atoms with Gasteiger partial charge in [-0.1, -0.05) is 72.8 Å². The third-order valence-corrected chi connectivity index (χ3v) is 7.88. The zero-order valence-corrected chi connectivity index (χ0v) is 22.7. The van der Waals surface area contributed by atoms with Crippen LogP contribution in [0, 0.1) is 0 Å². The van der Waals surface area contributed by atoms with Crippen molar-refractivity contribution in [2.75, 3.05) is 18.6 Å². The Balaban J connectivity index is 1.50. The molecule has 2 aliphatic rings. The summed E-state index contributed by atoms with van der Waals surface area (Å²) in [5.74, 6) is -0.155. The number of hydrogen-bond donors (Lipinski definition) is 0. The number of alkyl halides is 3. The average molecular weight is 573 g/mol. The third kappa shape index (κ3) is 4.59. The first-order chi connectivity index (χ1) is 20.2. The van der Waals surface area contributed by atoms with Crippen LogP contribution in [-0.2, 0) is 39.2 Å². The molecule has 0 aromatic heterocycles. The van der Waals surface area contributed by atoms with Gasteiger partial charge in [-0.05, 0) is 47.0 Å². The third-order valence-electron chi connectivity index (χ3n) is 7.88. The van der Waals surface area contributed by atoms with Crippen LogP contribution in [0.15, 0.2) is 103 Å². The second-order valence-corrected chi connectivity index (χ2v) is 10.3. The molecular formula is C33H27F3N2O4. The van der Waals surface area contributed by atoms with E-state index in [0.717, 1.165) is 23.3 Å². The maximum atomic E-state index is 13.9. The van der Waals surface area contributed by atoms with Gasteiger partial charge in [0.05, 0.1) is 31.5 Å². The Morgan fingerprint density at radius 3 is 2.29 bits per heavy atom. The number of β-lactam (4-membered cyclic amide) rings is 1. The minimum Gasteiger partial charge on any atom is -0.497 e. The quantitative estimate of drug-likeness (QED) is 0.258. The van der Waals surface area contributed by atoms with Gasteiger partial charge in [0.15, 0.2) is 6.10 Å². The minimum absolute atomic E-state index is 0.0669. The molecule has 6 nitrogen and oxygen atoms in total. The molecule has 2 unspecified atom stereocenters. The summed E-state index contributed by atoms with van der Waals surface area (Å²) in [6.45, 7) is -0.0708. The zero-order chi connectivity index (χ0) is 29.5. The second-order valence-electron chi connectivity index (χ2n) is 10.3. The van der Waals surface area contributed by atoms with Crippen LogP contribution in [0.3, 0.4) is 0 Å².